The largest absolute Gasteiger partial charge is 0.336 e. The standard InChI is InChI=1S/C19H22N4O3/c1-12(2)20-19(26)23-17-10-8-16(9-11-17)22-18(25)14-4-6-15(7-5-14)21-13(3)24/h4-12H,1-3H3,(H,21,24)(H,22,25)(H2,20,23,26). The monoisotopic (exact) mass is 354 g/mol. The highest BCUT2D eigenvalue weighted by Gasteiger charge is 2.07. The third-order valence-corrected chi connectivity index (χ3v) is 3.29. The van der Waals surface area contributed by atoms with Crippen LogP contribution in [0.25, 0.3) is 0 Å². The minimum Gasteiger partial charge on any atom is -0.336 e. The van der Waals surface area contributed by atoms with Gasteiger partial charge in [-0.05, 0) is 62.4 Å². The van der Waals surface area contributed by atoms with Crippen LogP contribution in [0.4, 0.5) is 21.9 Å². The van der Waals surface area contributed by atoms with Crippen LogP contribution in [-0.4, -0.2) is 23.9 Å². The molecule has 0 saturated carbocycles. The first kappa shape index (κ1) is 19.0. The molecule has 0 aliphatic carbocycles. The lowest BCUT2D eigenvalue weighted by molar-refractivity contribution is -0.114. The van der Waals surface area contributed by atoms with Gasteiger partial charge in [-0.3, -0.25) is 9.59 Å². The van der Waals surface area contributed by atoms with Crippen LogP contribution in [0, 0.1) is 0 Å². The highest BCUT2D eigenvalue weighted by Crippen LogP contribution is 2.16. The first-order valence-corrected chi connectivity index (χ1v) is 8.20. The summed E-state index contributed by atoms with van der Waals surface area (Å²) in [6, 6.07) is 13.2. The third-order valence-electron chi connectivity index (χ3n) is 3.29. The first-order valence-electron chi connectivity index (χ1n) is 8.20. The van der Waals surface area contributed by atoms with Crippen molar-refractivity contribution in [2.45, 2.75) is 26.8 Å². The van der Waals surface area contributed by atoms with Gasteiger partial charge in [0.25, 0.3) is 5.91 Å². The molecular formula is C19H22N4O3. The molecule has 2 aromatic rings. The summed E-state index contributed by atoms with van der Waals surface area (Å²) in [5, 5.41) is 10.9. The average Bonchev–Trinajstić information content (AvgIpc) is 2.56. The van der Waals surface area contributed by atoms with Gasteiger partial charge in [-0.25, -0.2) is 4.79 Å². The number of rotatable bonds is 5. The van der Waals surface area contributed by atoms with Crippen molar-refractivity contribution in [3.63, 3.8) is 0 Å². The van der Waals surface area contributed by atoms with Gasteiger partial charge in [0, 0.05) is 35.6 Å². The van der Waals surface area contributed by atoms with E-state index in [9.17, 15) is 14.4 Å². The molecule has 0 aromatic heterocycles. The quantitative estimate of drug-likeness (QED) is 0.662. The van der Waals surface area contributed by atoms with Crippen LogP contribution in [0.5, 0.6) is 0 Å². The number of carbonyl (C=O) groups excluding carboxylic acids is 3. The Morgan fingerprint density at radius 2 is 1.19 bits per heavy atom. The molecule has 0 radical (unpaired) electrons. The summed E-state index contributed by atoms with van der Waals surface area (Å²) in [5.74, 6) is -0.435. The van der Waals surface area contributed by atoms with E-state index in [1.165, 1.54) is 6.92 Å². The zero-order valence-corrected chi connectivity index (χ0v) is 14.9. The molecule has 2 aromatic carbocycles. The molecule has 0 bridgehead atoms. The lowest BCUT2D eigenvalue weighted by atomic mass is 10.2. The molecule has 0 fully saturated rings. The summed E-state index contributed by atoms with van der Waals surface area (Å²) in [6.45, 7) is 5.17. The van der Waals surface area contributed by atoms with Gasteiger partial charge in [-0.2, -0.15) is 0 Å². The second-order valence-electron chi connectivity index (χ2n) is 6.04. The number of hydrogen-bond donors (Lipinski definition) is 4. The molecule has 0 atom stereocenters. The van der Waals surface area contributed by atoms with Gasteiger partial charge in [0.15, 0.2) is 0 Å². The molecule has 0 spiro atoms. The van der Waals surface area contributed by atoms with Crippen LogP contribution in [-0.2, 0) is 4.79 Å². The van der Waals surface area contributed by atoms with E-state index in [4.69, 9.17) is 0 Å². The molecule has 7 heteroatoms. The molecule has 26 heavy (non-hydrogen) atoms. The topological polar surface area (TPSA) is 99.3 Å². The molecule has 7 nitrogen and oxygen atoms in total. The van der Waals surface area contributed by atoms with Crippen LogP contribution < -0.4 is 21.3 Å². The summed E-state index contributed by atoms with van der Waals surface area (Å²) in [7, 11) is 0. The van der Waals surface area contributed by atoms with E-state index in [1.807, 2.05) is 13.8 Å². The van der Waals surface area contributed by atoms with E-state index < -0.39 is 0 Å². The summed E-state index contributed by atoms with van der Waals surface area (Å²) in [4.78, 5) is 34.9. The van der Waals surface area contributed by atoms with Crippen LogP contribution in [0.3, 0.4) is 0 Å². The van der Waals surface area contributed by atoms with Crippen molar-refractivity contribution < 1.29 is 14.4 Å². The third kappa shape index (κ3) is 5.94. The van der Waals surface area contributed by atoms with E-state index >= 15 is 0 Å². The maximum Gasteiger partial charge on any atom is 0.319 e. The van der Waals surface area contributed by atoms with Crippen molar-refractivity contribution in [2.75, 3.05) is 16.0 Å². The van der Waals surface area contributed by atoms with Crippen molar-refractivity contribution in [1.82, 2.24) is 5.32 Å². The Kier molecular flexibility index (Phi) is 6.32. The summed E-state index contributed by atoms with van der Waals surface area (Å²) < 4.78 is 0. The Morgan fingerprint density at radius 3 is 1.69 bits per heavy atom. The maximum atomic E-state index is 12.3. The lowest BCUT2D eigenvalue weighted by Gasteiger charge is -2.11. The second kappa shape index (κ2) is 8.66. The molecule has 4 N–H and O–H groups in total. The Labute approximate surface area is 152 Å². The fourth-order valence-corrected chi connectivity index (χ4v) is 2.18. The number of benzene rings is 2. The predicted octanol–water partition coefficient (Wildman–Crippen LogP) is 3.43. The highest BCUT2D eigenvalue weighted by atomic mass is 16.2. The van der Waals surface area contributed by atoms with Crippen molar-refractivity contribution in [2.24, 2.45) is 0 Å². The molecule has 0 aliphatic heterocycles. The van der Waals surface area contributed by atoms with Gasteiger partial charge in [-0.15, -0.1) is 0 Å². The van der Waals surface area contributed by atoms with Gasteiger partial charge in [0.1, 0.15) is 0 Å². The number of carbonyl (C=O) groups is 3. The van der Waals surface area contributed by atoms with Crippen molar-refractivity contribution in [3.8, 4) is 0 Å². The Balaban J connectivity index is 1.94. The summed E-state index contributed by atoms with van der Waals surface area (Å²) in [5.41, 5.74) is 2.33. The highest BCUT2D eigenvalue weighted by molar-refractivity contribution is 6.04. The molecule has 0 aliphatic rings. The van der Waals surface area contributed by atoms with Gasteiger partial charge in [0.05, 0.1) is 0 Å². The number of hydrogen-bond acceptors (Lipinski definition) is 3. The van der Waals surface area contributed by atoms with Crippen LogP contribution in [0.15, 0.2) is 48.5 Å². The van der Waals surface area contributed by atoms with E-state index in [1.54, 1.807) is 48.5 Å². The van der Waals surface area contributed by atoms with Crippen LogP contribution >= 0.6 is 0 Å². The fourth-order valence-electron chi connectivity index (χ4n) is 2.18. The fraction of sp³-hybridized carbons (Fsp3) is 0.211. The molecule has 0 saturated heterocycles. The summed E-state index contributed by atoms with van der Waals surface area (Å²) >= 11 is 0. The number of urea groups is 1. The first-order chi connectivity index (χ1) is 12.3. The minimum atomic E-state index is -0.281. The number of nitrogens with one attached hydrogen (secondary N) is 4. The Hall–Kier alpha value is -3.35. The van der Waals surface area contributed by atoms with E-state index in [0.717, 1.165) is 0 Å². The zero-order chi connectivity index (χ0) is 19.1. The minimum absolute atomic E-state index is 0.0468. The average molecular weight is 354 g/mol. The molecule has 0 unspecified atom stereocenters. The van der Waals surface area contributed by atoms with E-state index in [0.29, 0.717) is 22.6 Å². The number of anilines is 3. The second-order valence-corrected chi connectivity index (χ2v) is 6.04. The molecule has 2 rings (SSSR count). The smallest absolute Gasteiger partial charge is 0.319 e. The molecular weight excluding hydrogens is 332 g/mol. The zero-order valence-electron chi connectivity index (χ0n) is 14.9. The van der Waals surface area contributed by atoms with E-state index in [-0.39, 0.29) is 23.9 Å². The van der Waals surface area contributed by atoms with Crippen molar-refractivity contribution in [1.29, 1.82) is 0 Å². The SMILES string of the molecule is CC(=O)Nc1ccc(C(=O)Nc2ccc(NC(=O)NC(C)C)cc2)cc1. The van der Waals surface area contributed by atoms with Gasteiger partial charge in [0.2, 0.25) is 5.91 Å². The van der Waals surface area contributed by atoms with E-state index in [2.05, 4.69) is 21.3 Å². The summed E-state index contributed by atoms with van der Waals surface area (Å²) in [6.07, 6.45) is 0. The Bertz CT molecular complexity index is 783. The van der Waals surface area contributed by atoms with Gasteiger partial charge < -0.3 is 21.3 Å². The van der Waals surface area contributed by atoms with Gasteiger partial charge in [-0.1, -0.05) is 0 Å². The van der Waals surface area contributed by atoms with Crippen molar-refractivity contribution in [3.05, 3.63) is 54.1 Å². The van der Waals surface area contributed by atoms with Gasteiger partial charge >= 0.3 is 6.03 Å². The predicted molar refractivity (Wildman–Crippen MR) is 102 cm³/mol. The number of amides is 4. The molecule has 4 amide bonds. The maximum absolute atomic E-state index is 12.3. The normalized spacial score (nSPS) is 10.2. The van der Waals surface area contributed by atoms with Crippen LogP contribution in [0.2, 0.25) is 0 Å². The van der Waals surface area contributed by atoms with Crippen LogP contribution in [0.1, 0.15) is 31.1 Å². The lowest BCUT2D eigenvalue weighted by Crippen LogP contribution is -2.34. The molecule has 136 valence electrons. The Morgan fingerprint density at radius 1 is 0.731 bits per heavy atom. The van der Waals surface area contributed by atoms with Crippen molar-refractivity contribution >= 4 is 34.9 Å². The molecule has 0 heterocycles.